The zero-order valence-corrected chi connectivity index (χ0v) is 11.8. The highest BCUT2D eigenvalue weighted by molar-refractivity contribution is 5.83. The van der Waals surface area contributed by atoms with Crippen molar-refractivity contribution >= 4 is 5.91 Å². The highest BCUT2D eigenvalue weighted by atomic mass is 16.2. The van der Waals surface area contributed by atoms with Gasteiger partial charge in [0.2, 0.25) is 5.91 Å². The molecular formula is C14H27N3O. The van der Waals surface area contributed by atoms with Gasteiger partial charge < -0.3 is 15.5 Å². The van der Waals surface area contributed by atoms with Gasteiger partial charge in [0.15, 0.2) is 0 Å². The van der Waals surface area contributed by atoms with Crippen molar-refractivity contribution in [2.45, 2.75) is 45.1 Å². The normalized spacial score (nSPS) is 29.3. The fourth-order valence-electron chi connectivity index (χ4n) is 3.54. The summed E-state index contributed by atoms with van der Waals surface area (Å²) in [5.74, 6) is 0.324. The zero-order chi connectivity index (χ0) is 13.2. The average Bonchev–Trinajstić information content (AvgIpc) is 2.77. The largest absolute Gasteiger partial charge is 0.338 e. The second kappa shape index (κ2) is 5.57. The molecule has 1 unspecified atom stereocenters. The van der Waals surface area contributed by atoms with E-state index >= 15 is 0 Å². The van der Waals surface area contributed by atoms with Gasteiger partial charge in [0.25, 0.3) is 0 Å². The summed E-state index contributed by atoms with van der Waals surface area (Å²) >= 11 is 0. The first-order chi connectivity index (χ1) is 8.59. The molecule has 2 rings (SSSR count). The van der Waals surface area contributed by atoms with Crippen LogP contribution in [-0.2, 0) is 4.79 Å². The van der Waals surface area contributed by atoms with E-state index in [1.807, 2.05) is 0 Å². The number of amides is 1. The minimum Gasteiger partial charge on any atom is -0.338 e. The predicted octanol–water partition coefficient (Wildman–Crippen LogP) is 1.06. The molecule has 0 radical (unpaired) electrons. The van der Waals surface area contributed by atoms with E-state index in [1.54, 1.807) is 0 Å². The van der Waals surface area contributed by atoms with E-state index in [9.17, 15) is 4.79 Å². The Hall–Kier alpha value is -0.610. The molecule has 18 heavy (non-hydrogen) atoms. The Kier molecular flexibility index (Phi) is 4.28. The van der Waals surface area contributed by atoms with Gasteiger partial charge in [-0.15, -0.1) is 0 Å². The molecule has 1 amide bonds. The smallest absolute Gasteiger partial charge is 0.230 e. The summed E-state index contributed by atoms with van der Waals surface area (Å²) < 4.78 is 0. The fraction of sp³-hybridized carbons (Fsp3) is 0.929. The molecule has 104 valence electrons. The van der Waals surface area contributed by atoms with Crippen molar-refractivity contribution in [2.75, 3.05) is 33.2 Å². The number of hydrogen-bond acceptors (Lipinski definition) is 3. The summed E-state index contributed by atoms with van der Waals surface area (Å²) in [6, 6.07) is 0.314. The van der Waals surface area contributed by atoms with Crippen molar-refractivity contribution < 1.29 is 4.79 Å². The molecule has 2 N–H and O–H groups in total. The first-order valence-electron chi connectivity index (χ1n) is 7.29. The molecule has 0 spiro atoms. The van der Waals surface area contributed by atoms with E-state index in [2.05, 4.69) is 23.8 Å². The van der Waals surface area contributed by atoms with Gasteiger partial charge in [-0.3, -0.25) is 4.79 Å². The predicted molar refractivity (Wildman–Crippen MR) is 73.2 cm³/mol. The Morgan fingerprint density at radius 3 is 2.56 bits per heavy atom. The average molecular weight is 253 g/mol. The van der Waals surface area contributed by atoms with Crippen molar-refractivity contribution in [1.82, 2.24) is 9.80 Å². The summed E-state index contributed by atoms with van der Waals surface area (Å²) in [7, 11) is 2.14. The van der Waals surface area contributed by atoms with E-state index in [-0.39, 0.29) is 5.41 Å². The Bertz CT molecular complexity index is 299. The van der Waals surface area contributed by atoms with Gasteiger partial charge in [0, 0.05) is 25.7 Å². The molecule has 1 heterocycles. The number of hydrogen-bond donors (Lipinski definition) is 1. The van der Waals surface area contributed by atoms with Crippen LogP contribution in [-0.4, -0.2) is 55.0 Å². The summed E-state index contributed by atoms with van der Waals surface area (Å²) in [6.45, 7) is 5.64. The molecule has 4 heteroatoms. The molecule has 1 saturated carbocycles. The van der Waals surface area contributed by atoms with Gasteiger partial charge in [-0.05, 0) is 39.8 Å². The molecule has 0 aromatic carbocycles. The Morgan fingerprint density at radius 2 is 1.94 bits per heavy atom. The number of likely N-dealkylation sites (N-methyl/N-ethyl adjacent to an activating group) is 1. The maximum atomic E-state index is 12.9. The molecule has 4 nitrogen and oxygen atoms in total. The molecule has 1 saturated heterocycles. The van der Waals surface area contributed by atoms with Gasteiger partial charge >= 0.3 is 0 Å². The number of carbonyl (C=O) groups is 1. The van der Waals surface area contributed by atoms with E-state index in [4.69, 9.17) is 5.73 Å². The lowest BCUT2D eigenvalue weighted by molar-refractivity contribution is -0.143. The minimum atomic E-state index is -0.239. The van der Waals surface area contributed by atoms with Crippen molar-refractivity contribution in [1.29, 1.82) is 0 Å². The first-order valence-corrected chi connectivity index (χ1v) is 7.29. The van der Waals surface area contributed by atoms with Crippen LogP contribution in [0.2, 0.25) is 0 Å². The highest BCUT2D eigenvalue weighted by Gasteiger charge is 2.43. The van der Waals surface area contributed by atoms with Crippen molar-refractivity contribution in [3.8, 4) is 0 Å². The third kappa shape index (κ3) is 2.54. The molecule has 0 aromatic heterocycles. The monoisotopic (exact) mass is 253 g/mol. The quantitative estimate of drug-likeness (QED) is 0.800. The van der Waals surface area contributed by atoms with Gasteiger partial charge in [-0.25, -0.2) is 0 Å². The summed E-state index contributed by atoms with van der Waals surface area (Å²) in [6.07, 6.45) is 5.37. The number of carbonyl (C=O) groups excluding carboxylic acids is 1. The van der Waals surface area contributed by atoms with Crippen molar-refractivity contribution in [3.05, 3.63) is 0 Å². The van der Waals surface area contributed by atoms with Crippen LogP contribution in [0.15, 0.2) is 0 Å². The van der Waals surface area contributed by atoms with Crippen LogP contribution in [0.3, 0.4) is 0 Å². The Balaban J connectivity index is 2.11. The maximum Gasteiger partial charge on any atom is 0.230 e. The molecule has 2 aliphatic rings. The van der Waals surface area contributed by atoms with Crippen LogP contribution in [0.4, 0.5) is 0 Å². The molecule has 0 aromatic rings. The van der Waals surface area contributed by atoms with Crippen LogP contribution < -0.4 is 5.73 Å². The third-order valence-corrected chi connectivity index (χ3v) is 4.71. The van der Waals surface area contributed by atoms with Crippen molar-refractivity contribution in [3.63, 3.8) is 0 Å². The second-order valence-corrected chi connectivity index (χ2v) is 6.15. The molecule has 1 aliphatic carbocycles. The number of nitrogens with zero attached hydrogens (tertiary/aromatic N) is 2. The SMILES string of the molecule is CC1CN(C)CCCN1C(=O)C1(CN)CCCC1. The van der Waals surface area contributed by atoms with Crippen LogP contribution in [0.25, 0.3) is 0 Å². The Labute approximate surface area is 110 Å². The highest BCUT2D eigenvalue weighted by Crippen LogP contribution is 2.39. The van der Waals surface area contributed by atoms with Crippen LogP contribution in [0.1, 0.15) is 39.0 Å². The van der Waals surface area contributed by atoms with E-state index < -0.39 is 0 Å². The number of nitrogens with two attached hydrogens (primary N) is 1. The van der Waals surface area contributed by atoms with Gasteiger partial charge in [0.1, 0.15) is 0 Å². The van der Waals surface area contributed by atoms with E-state index in [0.717, 1.165) is 51.7 Å². The second-order valence-electron chi connectivity index (χ2n) is 6.15. The Morgan fingerprint density at radius 1 is 1.28 bits per heavy atom. The first kappa shape index (κ1) is 13.8. The maximum absolute atomic E-state index is 12.9. The molecule has 0 bridgehead atoms. The molecule has 1 aliphatic heterocycles. The third-order valence-electron chi connectivity index (χ3n) is 4.71. The van der Waals surface area contributed by atoms with E-state index in [0.29, 0.717) is 18.5 Å². The topological polar surface area (TPSA) is 49.6 Å². The summed E-state index contributed by atoms with van der Waals surface area (Å²) in [5.41, 5.74) is 5.69. The fourth-order valence-corrected chi connectivity index (χ4v) is 3.54. The van der Waals surface area contributed by atoms with E-state index in [1.165, 1.54) is 0 Å². The summed E-state index contributed by atoms with van der Waals surface area (Å²) in [4.78, 5) is 17.3. The zero-order valence-electron chi connectivity index (χ0n) is 11.8. The lowest BCUT2D eigenvalue weighted by Gasteiger charge is -2.36. The van der Waals surface area contributed by atoms with Crippen LogP contribution in [0.5, 0.6) is 0 Å². The molecule has 2 fully saturated rings. The standard InChI is InChI=1S/C14H27N3O/c1-12-10-16(2)8-5-9-17(12)13(18)14(11-15)6-3-4-7-14/h12H,3-11,15H2,1-2H3. The van der Waals surface area contributed by atoms with Crippen molar-refractivity contribution in [2.24, 2.45) is 11.1 Å². The van der Waals surface area contributed by atoms with Gasteiger partial charge in [0.05, 0.1) is 5.41 Å². The van der Waals surface area contributed by atoms with Gasteiger partial charge in [-0.1, -0.05) is 12.8 Å². The van der Waals surface area contributed by atoms with Crippen LogP contribution >= 0.6 is 0 Å². The lowest BCUT2D eigenvalue weighted by Crippen LogP contribution is -2.51. The molecule has 1 atom stereocenters. The van der Waals surface area contributed by atoms with Crippen LogP contribution in [0, 0.1) is 5.41 Å². The number of rotatable bonds is 2. The lowest BCUT2D eigenvalue weighted by atomic mass is 9.84. The van der Waals surface area contributed by atoms with Gasteiger partial charge in [-0.2, -0.15) is 0 Å². The summed E-state index contributed by atoms with van der Waals surface area (Å²) in [5, 5.41) is 0. The minimum absolute atomic E-state index is 0.239. The molecular weight excluding hydrogens is 226 g/mol.